The third-order valence-electron chi connectivity index (χ3n) is 4.66. The Kier molecular flexibility index (Phi) is 5.70. The zero-order valence-electron chi connectivity index (χ0n) is 15.0. The third-order valence-corrected chi connectivity index (χ3v) is 4.66. The number of hydrogen-bond acceptors (Lipinski definition) is 4. The summed E-state index contributed by atoms with van der Waals surface area (Å²) in [7, 11) is 0. The lowest BCUT2D eigenvalue weighted by Gasteiger charge is -2.30. The number of halogens is 3. The van der Waals surface area contributed by atoms with Crippen LogP contribution in [-0.4, -0.2) is 38.1 Å². The Balaban J connectivity index is 1.94. The van der Waals surface area contributed by atoms with Crippen molar-refractivity contribution in [3.8, 4) is 0 Å². The summed E-state index contributed by atoms with van der Waals surface area (Å²) in [4.78, 5) is 14.0. The Labute approximate surface area is 156 Å². The second-order valence-corrected chi connectivity index (χ2v) is 6.57. The van der Waals surface area contributed by atoms with Crippen LogP contribution in [-0.2, 0) is 0 Å². The molecule has 1 saturated heterocycles. The van der Waals surface area contributed by atoms with Gasteiger partial charge in [0.15, 0.2) is 0 Å². The Morgan fingerprint density at radius 3 is 2.41 bits per heavy atom. The molecule has 0 radical (unpaired) electrons. The molecule has 0 bridgehead atoms. The van der Waals surface area contributed by atoms with Gasteiger partial charge in [0.1, 0.15) is 0 Å². The average Bonchev–Trinajstić information content (AvgIpc) is 2.68. The van der Waals surface area contributed by atoms with Crippen LogP contribution in [0.15, 0.2) is 48.5 Å². The van der Waals surface area contributed by atoms with Gasteiger partial charge in [-0.25, -0.2) is 0 Å². The van der Waals surface area contributed by atoms with Gasteiger partial charge in [-0.15, -0.1) is 0 Å². The van der Waals surface area contributed by atoms with E-state index in [1.807, 2.05) is 37.3 Å². The van der Waals surface area contributed by atoms with Crippen molar-refractivity contribution in [2.75, 3.05) is 36.4 Å². The van der Waals surface area contributed by atoms with Gasteiger partial charge in [0.05, 0.1) is 5.56 Å². The molecule has 4 nitrogen and oxygen atoms in total. The summed E-state index contributed by atoms with van der Waals surface area (Å²) in [5, 5.41) is 6.34. The number of ketones is 1. The molecule has 27 heavy (non-hydrogen) atoms. The smallest absolute Gasteiger partial charge is 0.378 e. The molecule has 0 saturated carbocycles. The molecule has 1 fully saturated rings. The van der Waals surface area contributed by atoms with Gasteiger partial charge in [-0.2, -0.15) is 13.2 Å². The first-order chi connectivity index (χ1) is 12.9. The number of nitrogens with zero attached hydrogens (tertiary/aromatic N) is 1. The number of hydrogen-bond donors (Lipinski definition) is 2. The Bertz CT molecular complexity index is 787. The molecule has 7 heteroatoms. The normalized spacial score (nSPS) is 16.1. The minimum atomic E-state index is -4.91. The molecule has 1 aliphatic heterocycles. The molecule has 0 amide bonds. The van der Waals surface area contributed by atoms with Crippen LogP contribution in [0.2, 0.25) is 0 Å². The van der Waals surface area contributed by atoms with Crippen molar-refractivity contribution in [2.45, 2.75) is 19.1 Å². The van der Waals surface area contributed by atoms with Gasteiger partial charge in [0.2, 0.25) is 0 Å². The highest BCUT2D eigenvalue weighted by molar-refractivity contribution is 6.05. The van der Waals surface area contributed by atoms with Crippen molar-refractivity contribution in [1.29, 1.82) is 0 Å². The first-order valence-corrected chi connectivity index (χ1v) is 8.89. The van der Waals surface area contributed by atoms with Crippen LogP contribution in [0.3, 0.4) is 0 Å². The Morgan fingerprint density at radius 1 is 1.11 bits per heavy atom. The summed E-state index contributed by atoms with van der Waals surface area (Å²) in [5.41, 5.74) is 1.57. The van der Waals surface area contributed by atoms with Gasteiger partial charge in [-0.05, 0) is 30.7 Å². The SMILES string of the molecule is C[C@@H](Nc1cc(N2CCNCC2)ccc1C(=O)C(F)(F)F)c1ccccc1. The molecular formula is C20H22F3N3O. The van der Waals surface area contributed by atoms with Crippen LogP contribution < -0.4 is 15.5 Å². The van der Waals surface area contributed by atoms with Crippen molar-refractivity contribution in [3.05, 3.63) is 59.7 Å². The second-order valence-electron chi connectivity index (χ2n) is 6.57. The van der Waals surface area contributed by atoms with E-state index in [2.05, 4.69) is 15.5 Å². The molecule has 0 spiro atoms. The standard InChI is InChI=1S/C20H22F3N3O/c1-14(15-5-3-2-4-6-15)25-18-13-16(26-11-9-24-10-12-26)7-8-17(18)19(27)20(21,22)23/h2-8,13-14,24-25H,9-12H2,1H3/t14-/m1/s1. The van der Waals surface area contributed by atoms with Crippen LogP contribution >= 0.6 is 0 Å². The Morgan fingerprint density at radius 2 is 1.78 bits per heavy atom. The van der Waals surface area contributed by atoms with E-state index in [1.54, 1.807) is 12.1 Å². The van der Waals surface area contributed by atoms with Crippen molar-refractivity contribution in [3.63, 3.8) is 0 Å². The Hall–Kier alpha value is -2.54. The maximum Gasteiger partial charge on any atom is 0.454 e. The lowest BCUT2D eigenvalue weighted by Crippen LogP contribution is -2.43. The van der Waals surface area contributed by atoms with Crippen LogP contribution in [0, 0.1) is 0 Å². The van der Waals surface area contributed by atoms with E-state index < -0.39 is 12.0 Å². The highest BCUT2D eigenvalue weighted by Gasteiger charge is 2.40. The van der Waals surface area contributed by atoms with Gasteiger partial charge < -0.3 is 15.5 Å². The number of alkyl halides is 3. The van der Waals surface area contributed by atoms with Gasteiger partial charge >= 0.3 is 6.18 Å². The monoisotopic (exact) mass is 377 g/mol. The van der Waals surface area contributed by atoms with Crippen molar-refractivity contribution in [1.82, 2.24) is 5.32 Å². The molecule has 0 aromatic heterocycles. The topological polar surface area (TPSA) is 44.4 Å². The summed E-state index contributed by atoms with van der Waals surface area (Å²) < 4.78 is 39.1. The minimum absolute atomic E-state index is 0.199. The molecule has 0 unspecified atom stereocenters. The summed E-state index contributed by atoms with van der Waals surface area (Å²) in [6, 6.07) is 13.6. The summed E-state index contributed by atoms with van der Waals surface area (Å²) in [5.74, 6) is -1.84. The molecule has 0 aliphatic carbocycles. The highest BCUT2D eigenvalue weighted by Crippen LogP contribution is 2.32. The van der Waals surface area contributed by atoms with Gasteiger partial charge in [-0.3, -0.25) is 4.79 Å². The van der Waals surface area contributed by atoms with E-state index >= 15 is 0 Å². The number of anilines is 2. The van der Waals surface area contributed by atoms with E-state index in [4.69, 9.17) is 0 Å². The van der Waals surface area contributed by atoms with Crippen LogP contribution in [0.5, 0.6) is 0 Å². The van der Waals surface area contributed by atoms with E-state index in [0.717, 1.165) is 37.4 Å². The quantitative estimate of drug-likeness (QED) is 0.773. The molecule has 2 N–H and O–H groups in total. The third kappa shape index (κ3) is 4.60. The average molecular weight is 377 g/mol. The fraction of sp³-hybridized carbons (Fsp3) is 0.350. The molecular weight excluding hydrogens is 355 g/mol. The number of nitrogens with one attached hydrogen (secondary N) is 2. The zero-order valence-corrected chi connectivity index (χ0v) is 15.0. The lowest BCUT2D eigenvalue weighted by molar-refractivity contribution is -0.0884. The molecule has 1 heterocycles. The van der Waals surface area contributed by atoms with Gasteiger partial charge in [0.25, 0.3) is 5.78 Å². The maximum absolute atomic E-state index is 13.0. The number of benzene rings is 2. The van der Waals surface area contributed by atoms with Crippen LogP contribution in [0.4, 0.5) is 24.5 Å². The summed E-state index contributed by atoms with van der Waals surface area (Å²) in [6.07, 6.45) is -4.91. The molecule has 3 rings (SSSR count). The molecule has 1 atom stereocenters. The van der Waals surface area contributed by atoms with E-state index in [1.165, 1.54) is 6.07 Å². The fourth-order valence-electron chi connectivity index (χ4n) is 3.18. The van der Waals surface area contributed by atoms with Crippen molar-refractivity contribution in [2.24, 2.45) is 0 Å². The number of carbonyl (C=O) groups is 1. The van der Waals surface area contributed by atoms with Gasteiger partial charge in [-0.1, -0.05) is 30.3 Å². The first kappa shape index (κ1) is 19.2. The lowest BCUT2D eigenvalue weighted by atomic mass is 10.0. The van der Waals surface area contributed by atoms with E-state index in [-0.39, 0.29) is 17.3 Å². The molecule has 2 aromatic rings. The molecule has 1 aliphatic rings. The minimum Gasteiger partial charge on any atom is -0.378 e. The van der Waals surface area contributed by atoms with Crippen LogP contribution in [0.1, 0.15) is 28.9 Å². The summed E-state index contributed by atoms with van der Waals surface area (Å²) in [6.45, 7) is 5.01. The number of rotatable bonds is 5. The van der Waals surface area contributed by atoms with Crippen molar-refractivity contribution < 1.29 is 18.0 Å². The maximum atomic E-state index is 13.0. The fourth-order valence-corrected chi connectivity index (χ4v) is 3.18. The van der Waals surface area contributed by atoms with Crippen LogP contribution in [0.25, 0.3) is 0 Å². The number of carbonyl (C=O) groups excluding carboxylic acids is 1. The largest absolute Gasteiger partial charge is 0.454 e. The van der Waals surface area contributed by atoms with E-state index in [0.29, 0.717) is 0 Å². The molecule has 144 valence electrons. The molecule has 2 aromatic carbocycles. The number of Topliss-reactive ketones (excluding diaryl/α,β-unsaturated/α-hetero) is 1. The highest BCUT2D eigenvalue weighted by atomic mass is 19.4. The number of piperazine rings is 1. The predicted octanol–water partition coefficient (Wildman–Crippen LogP) is 4.01. The predicted molar refractivity (Wildman–Crippen MR) is 100 cm³/mol. The zero-order chi connectivity index (χ0) is 19.4. The second kappa shape index (κ2) is 8.00. The van der Waals surface area contributed by atoms with Gasteiger partial charge in [0, 0.05) is 43.6 Å². The first-order valence-electron chi connectivity index (χ1n) is 8.89. The van der Waals surface area contributed by atoms with E-state index in [9.17, 15) is 18.0 Å². The summed E-state index contributed by atoms with van der Waals surface area (Å²) >= 11 is 0. The van der Waals surface area contributed by atoms with Crippen molar-refractivity contribution >= 4 is 17.2 Å².